The Morgan fingerprint density at radius 3 is 2.46 bits per heavy atom. The van der Waals surface area contributed by atoms with E-state index in [0.29, 0.717) is 17.9 Å². The first-order valence-corrected chi connectivity index (χ1v) is 9.28. The van der Waals surface area contributed by atoms with Gasteiger partial charge in [0.15, 0.2) is 0 Å². The fourth-order valence-electron chi connectivity index (χ4n) is 4.48. The van der Waals surface area contributed by atoms with Crippen molar-refractivity contribution in [2.24, 2.45) is 11.3 Å². The van der Waals surface area contributed by atoms with Crippen molar-refractivity contribution in [3.8, 4) is 5.75 Å². The Morgan fingerprint density at radius 1 is 1.21 bits per heavy atom. The molecule has 1 atom stereocenters. The molecule has 2 heterocycles. The van der Waals surface area contributed by atoms with Crippen LogP contribution in [0.5, 0.6) is 5.75 Å². The summed E-state index contributed by atoms with van der Waals surface area (Å²) in [5.41, 5.74) is 1.69. The number of aliphatic hydroxyl groups excluding tert-OH is 1. The third kappa shape index (κ3) is 3.93. The monoisotopic (exact) mass is 332 g/mol. The summed E-state index contributed by atoms with van der Waals surface area (Å²) in [4.78, 5) is 4.94. The summed E-state index contributed by atoms with van der Waals surface area (Å²) in [6, 6.07) is 8.52. The molecule has 1 N–H and O–H groups in total. The number of hydrogen-bond acceptors (Lipinski definition) is 4. The first-order chi connectivity index (χ1) is 11.5. The van der Waals surface area contributed by atoms with Crippen molar-refractivity contribution < 1.29 is 9.84 Å². The highest BCUT2D eigenvalue weighted by atomic mass is 16.5. The van der Waals surface area contributed by atoms with Gasteiger partial charge in [-0.05, 0) is 69.9 Å². The smallest absolute Gasteiger partial charge is 0.119 e. The van der Waals surface area contributed by atoms with E-state index >= 15 is 0 Å². The van der Waals surface area contributed by atoms with Crippen LogP contribution in [0.2, 0.25) is 0 Å². The van der Waals surface area contributed by atoms with Gasteiger partial charge in [-0.1, -0.05) is 12.1 Å². The van der Waals surface area contributed by atoms with Gasteiger partial charge in [-0.3, -0.25) is 4.90 Å². The van der Waals surface area contributed by atoms with Gasteiger partial charge in [-0.15, -0.1) is 0 Å². The van der Waals surface area contributed by atoms with Crippen LogP contribution >= 0.6 is 0 Å². The van der Waals surface area contributed by atoms with E-state index in [-0.39, 0.29) is 6.10 Å². The van der Waals surface area contributed by atoms with E-state index in [4.69, 9.17) is 4.74 Å². The maximum absolute atomic E-state index is 9.74. The lowest BCUT2D eigenvalue weighted by atomic mass is 9.71. The minimum atomic E-state index is 0.221. The van der Waals surface area contributed by atoms with Crippen molar-refractivity contribution in [1.29, 1.82) is 0 Å². The first-order valence-electron chi connectivity index (χ1n) is 9.28. The Kier molecular flexibility index (Phi) is 5.48. The average Bonchev–Trinajstić information content (AvgIpc) is 2.86. The first kappa shape index (κ1) is 17.7. The summed E-state index contributed by atoms with van der Waals surface area (Å²) < 4.78 is 5.71. The number of rotatable bonds is 5. The zero-order valence-corrected chi connectivity index (χ0v) is 15.4. The predicted octanol–water partition coefficient (Wildman–Crippen LogP) is 2.61. The number of likely N-dealkylation sites (tertiary alicyclic amines) is 2. The number of benzene rings is 1. The molecule has 0 aliphatic carbocycles. The number of piperidine rings is 1. The second-order valence-electron chi connectivity index (χ2n) is 8.03. The summed E-state index contributed by atoms with van der Waals surface area (Å²) in [5, 5.41) is 9.74. The minimum absolute atomic E-state index is 0.221. The molecule has 0 saturated carbocycles. The van der Waals surface area contributed by atoms with Crippen molar-refractivity contribution >= 4 is 0 Å². The quantitative estimate of drug-likeness (QED) is 0.899. The SMILES string of the molecule is CC(C)Oc1ccc(CN2CCC3(CC2)CN(C)CC3CO)cc1. The molecule has 0 bridgehead atoms. The Morgan fingerprint density at radius 2 is 1.88 bits per heavy atom. The molecule has 2 aliphatic rings. The molecule has 2 aliphatic heterocycles. The molecule has 4 nitrogen and oxygen atoms in total. The molecule has 134 valence electrons. The van der Waals surface area contributed by atoms with Crippen molar-refractivity contribution in [1.82, 2.24) is 9.80 Å². The van der Waals surface area contributed by atoms with Gasteiger partial charge in [-0.25, -0.2) is 0 Å². The average molecular weight is 332 g/mol. The topological polar surface area (TPSA) is 35.9 Å². The molecule has 0 aromatic heterocycles. The van der Waals surface area contributed by atoms with Crippen molar-refractivity contribution in [3.63, 3.8) is 0 Å². The molecule has 4 heteroatoms. The Hall–Kier alpha value is -1.10. The summed E-state index contributed by atoms with van der Waals surface area (Å²) in [7, 11) is 2.19. The van der Waals surface area contributed by atoms with Gasteiger partial charge >= 0.3 is 0 Å². The molecule has 2 saturated heterocycles. The zero-order valence-electron chi connectivity index (χ0n) is 15.4. The van der Waals surface area contributed by atoms with Crippen molar-refractivity contribution in [3.05, 3.63) is 29.8 Å². The highest BCUT2D eigenvalue weighted by Crippen LogP contribution is 2.44. The molecule has 1 aromatic carbocycles. The third-order valence-electron chi connectivity index (χ3n) is 5.76. The van der Waals surface area contributed by atoms with Gasteiger partial charge in [0.2, 0.25) is 0 Å². The summed E-state index contributed by atoms with van der Waals surface area (Å²) >= 11 is 0. The number of aliphatic hydroxyl groups is 1. The fourth-order valence-corrected chi connectivity index (χ4v) is 4.48. The number of hydrogen-bond donors (Lipinski definition) is 1. The second kappa shape index (κ2) is 7.42. The van der Waals surface area contributed by atoms with Crippen molar-refractivity contribution in [2.75, 3.05) is 39.8 Å². The maximum atomic E-state index is 9.74. The van der Waals surface area contributed by atoms with Gasteiger partial charge < -0.3 is 14.7 Å². The molecule has 24 heavy (non-hydrogen) atoms. The van der Waals surface area contributed by atoms with E-state index in [9.17, 15) is 5.11 Å². The Labute approximate surface area is 146 Å². The lowest BCUT2D eigenvalue weighted by Gasteiger charge is -2.42. The van der Waals surface area contributed by atoms with Crippen LogP contribution in [0.3, 0.4) is 0 Å². The molecular formula is C20H32N2O2. The van der Waals surface area contributed by atoms with Crippen LogP contribution in [-0.4, -0.2) is 60.8 Å². The van der Waals surface area contributed by atoms with Crippen LogP contribution in [0.4, 0.5) is 0 Å². The van der Waals surface area contributed by atoms with Crippen LogP contribution in [-0.2, 0) is 6.54 Å². The van der Waals surface area contributed by atoms with Gasteiger partial charge in [-0.2, -0.15) is 0 Å². The van der Waals surface area contributed by atoms with E-state index < -0.39 is 0 Å². The third-order valence-corrected chi connectivity index (χ3v) is 5.76. The summed E-state index contributed by atoms with van der Waals surface area (Å²) in [6.45, 7) is 9.92. The van der Waals surface area contributed by atoms with E-state index in [0.717, 1.165) is 38.5 Å². The van der Waals surface area contributed by atoms with Crippen LogP contribution in [0.1, 0.15) is 32.3 Å². The highest BCUT2D eigenvalue weighted by Gasteiger charge is 2.46. The largest absolute Gasteiger partial charge is 0.491 e. The molecule has 1 aromatic rings. The van der Waals surface area contributed by atoms with Gasteiger partial charge in [0.25, 0.3) is 0 Å². The predicted molar refractivity (Wildman–Crippen MR) is 97.2 cm³/mol. The number of ether oxygens (including phenoxy) is 1. The van der Waals surface area contributed by atoms with E-state index in [1.807, 2.05) is 0 Å². The summed E-state index contributed by atoms with van der Waals surface area (Å²) in [6.07, 6.45) is 2.63. The lowest BCUT2D eigenvalue weighted by Crippen LogP contribution is -2.44. The van der Waals surface area contributed by atoms with Crippen molar-refractivity contribution in [2.45, 2.75) is 39.3 Å². The summed E-state index contributed by atoms with van der Waals surface area (Å²) in [5.74, 6) is 1.41. The zero-order chi connectivity index (χ0) is 17.2. The standard InChI is InChI=1S/C20H32N2O2/c1-16(2)24-19-6-4-17(5-7-19)12-22-10-8-20(9-11-22)15-21(3)13-18(20)14-23/h4-7,16,18,23H,8-15H2,1-3H3. The molecule has 0 radical (unpaired) electrons. The molecule has 3 rings (SSSR count). The molecule has 1 spiro atoms. The van der Waals surface area contributed by atoms with E-state index in [2.05, 4.69) is 55.0 Å². The Balaban J connectivity index is 1.54. The minimum Gasteiger partial charge on any atom is -0.491 e. The normalized spacial score (nSPS) is 24.8. The van der Waals surface area contributed by atoms with Gasteiger partial charge in [0, 0.05) is 32.2 Å². The number of nitrogens with zero attached hydrogens (tertiary/aromatic N) is 2. The molecule has 0 amide bonds. The lowest BCUT2D eigenvalue weighted by molar-refractivity contribution is 0.0488. The highest BCUT2D eigenvalue weighted by molar-refractivity contribution is 5.27. The van der Waals surface area contributed by atoms with Crippen LogP contribution in [0, 0.1) is 11.3 Å². The second-order valence-corrected chi connectivity index (χ2v) is 8.03. The van der Waals surface area contributed by atoms with Gasteiger partial charge in [0.05, 0.1) is 6.10 Å². The van der Waals surface area contributed by atoms with E-state index in [1.54, 1.807) is 0 Å². The molecular weight excluding hydrogens is 300 g/mol. The van der Waals surface area contributed by atoms with Crippen LogP contribution < -0.4 is 4.74 Å². The van der Waals surface area contributed by atoms with E-state index in [1.165, 1.54) is 18.4 Å². The molecule has 1 unspecified atom stereocenters. The van der Waals surface area contributed by atoms with Crippen LogP contribution in [0.25, 0.3) is 0 Å². The fraction of sp³-hybridized carbons (Fsp3) is 0.700. The van der Waals surface area contributed by atoms with Crippen LogP contribution in [0.15, 0.2) is 24.3 Å². The van der Waals surface area contributed by atoms with Gasteiger partial charge in [0.1, 0.15) is 5.75 Å². The molecule has 2 fully saturated rings. The Bertz CT molecular complexity index is 521. The maximum Gasteiger partial charge on any atom is 0.119 e.